The van der Waals surface area contributed by atoms with Crippen LogP contribution in [0.15, 0.2) is 47.5 Å². The summed E-state index contributed by atoms with van der Waals surface area (Å²) >= 11 is 0. The Hall–Kier alpha value is -3.94. The number of ketones is 3. The van der Waals surface area contributed by atoms with Gasteiger partial charge in [-0.2, -0.15) is 0 Å². The zero-order valence-electron chi connectivity index (χ0n) is 18.9. The average molecular weight is 448 g/mol. The summed E-state index contributed by atoms with van der Waals surface area (Å²) < 4.78 is 5.77. The van der Waals surface area contributed by atoms with Crippen molar-refractivity contribution in [2.75, 3.05) is 0 Å². The Kier molecular flexibility index (Phi) is 5.11. The Morgan fingerprint density at radius 2 is 1.88 bits per heavy atom. The molecule has 2 atom stereocenters. The second kappa shape index (κ2) is 7.58. The highest BCUT2D eigenvalue weighted by molar-refractivity contribution is 6.31. The zero-order valence-corrected chi connectivity index (χ0v) is 18.9. The number of Topliss-reactive ketones (excluding diaryl/α,β-unsaturated/α-hetero) is 2. The molecule has 8 nitrogen and oxygen atoms in total. The summed E-state index contributed by atoms with van der Waals surface area (Å²) in [5.41, 5.74) is -0.539. The van der Waals surface area contributed by atoms with E-state index in [0.717, 1.165) is 5.69 Å². The molecule has 4 rings (SSSR count). The normalized spacial score (nSPS) is 21.5. The lowest BCUT2D eigenvalue weighted by atomic mass is 9.70. The highest BCUT2D eigenvalue weighted by Crippen LogP contribution is 2.57. The maximum absolute atomic E-state index is 13.8. The van der Waals surface area contributed by atoms with E-state index in [1.54, 1.807) is 19.2 Å². The molecule has 8 heteroatoms. The van der Waals surface area contributed by atoms with Crippen LogP contribution in [0.25, 0.3) is 0 Å². The van der Waals surface area contributed by atoms with Crippen LogP contribution in [0.1, 0.15) is 60.9 Å². The monoisotopic (exact) mass is 448 g/mol. The van der Waals surface area contributed by atoms with Crippen LogP contribution in [0.2, 0.25) is 0 Å². The number of phenols is 2. The molecule has 1 aliphatic heterocycles. The topological polar surface area (TPSA) is 126 Å². The fourth-order valence-electron chi connectivity index (χ4n) is 4.47. The van der Waals surface area contributed by atoms with E-state index in [4.69, 9.17) is 4.74 Å². The molecule has 1 aromatic heterocycles. The molecule has 0 saturated carbocycles. The summed E-state index contributed by atoms with van der Waals surface area (Å²) in [4.78, 5) is 43.3. The molecule has 0 fully saturated rings. The van der Waals surface area contributed by atoms with Crippen LogP contribution in [0.3, 0.4) is 0 Å². The van der Waals surface area contributed by atoms with Gasteiger partial charge in [-0.15, -0.1) is 0 Å². The molecular formula is C25H24N2O6. The molecule has 0 bridgehead atoms. The van der Waals surface area contributed by atoms with Crippen LogP contribution in [0.4, 0.5) is 0 Å². The van der Waals surface area contributed by atoms with Crippen molar-refractivity contribution in [2.24, 2.45) is 0 Å². The summed E-state index contributed by atoms with van der Waals surface area (Å²) in [7, 11) is 0. The number of rotatable bonds is 4. The zero-order chi connectivity index (χ0) is 24.2. The summed E-state index contributed by atoms with van der Waals surface area (Å²) in [6.07, 6.45) is 2.85. The van der Waals surface area contributed by atoms with Gasteiger partial charge < -0.3 is 20.3 Å². The van der Waals surface area contributed by atoms with Crippen molar-refractivity contribution in [1.29, 1.82) is 0 Å². The molecule has 0 spiro atoms. The number of aromatic nitrogens is 1. The molecule has 0 saturated heterocycles. The number of hydrogen-bond donors (Lipinski definition) is 3. The van der Waals surface area contributed by atoms with Gasteiger partial charge in [-0.25, -0.2) is 0 Å². The maximum atomic E-state index is 13.8. The highest BCUT2D eigenvalue weighted by atomic mass is 16.5. The number of benzene rings is 1. The van der Waals surface area contributed by atoms with Crippen LogP contribution in [-0.2, 0) is 15.0 Å². The van der Waals surface area contributed by atoms with Crippen molar-refractivity contribution in [1.82, 2.24) is 10.3 Å². The Morgan fingerprint density at radius 1 is 1.18 bits per heavy atom. The molecular weight excluding hydrogens is 424 g/mol. The molecule has 1 aromatic carbocycles. The molecule has 3 N–H and O–H groups in total. The first kappa shape index (κ1) is 22.3. The Labute approximate surface area is 190 Å². The molecule has 1 unspecified atom stereocenters. The van der Waals surface area contributed by atoms with Crippen LogP contribution in [-0.4, -0.2) is 32.5 Å². The van der Waals surface area contributed by atoms with E-state index in [0.29, 0.717) is 5.70 Å². The van der Waals surface area contributed by atoms with Gasteiger partial charge >= 0.3 is 0 Å². The number of nitrogens with zero attached hydrogens (tertiary/aromatic N) is 1. The van der Waals surface area contributed by atoms with Gasteiger partial charge in [0.05, 0.1) is 22.9 Å². The third kappa shape index (κ3) is 3.13. The Bertz CT molecular complexity index is 1290. The molecule has 2 aliphatic rings. The summed E-state index contributed by atoms with van der Waals surface area (Å²) in [6, 6.07) is 5.19. The van der Waals surface area contributed by atoms with Crippen molar-refractivity contribution < 1.29 is 29.3 Å². The quantitative estimate of drug-likeness (QED) is 0.370. The number of carbonyl (C=O) groups is 3. The predicted molar refractivity (Wildman–Crippen MR) is 119 cm³/mol. The van der Waals surface area contributed by atoms with Gasteiger partial charge in [0, 0.05) is 23.5 Å². The van der Waals surface area contributed by atoms with Crippen LogP contribution >= 0.6 is 0 Å². The van der Waals surface area contributed by atoms with Gasteiger partial charge in [-0.3, -0.25) is 19.4 Å². The highest BCUT2D eigenvalue weighted by Gasteiger charge is 2.56. The second-order valence-electron chi connectivity index (χ2n) is 8.51. The van der Waals surface area contributed by atoms with Crippen molar-refractivity contribution in [2.45, 2.75) is 46.1 Å². The van der Waals surface area contributed by atoms with Gasteiger partial charge in [0.25, 0.3) is 0 Å². The first-order chi connectivity index (χ1) is 15.5. The van der Waals surface area contributed by atoms with E-state index >= 15 is 0 Å². The largest absolute Gasteiger partial charge is 0.507 e. The van der Waals surface area contributed by atoms with E-state index < -0.39 is 28.5 Å². The van der Waals surface area contributed by atoms with Gasteiger partial charge in [0.2, 0.25) is 0 Å². The molecule has 0 amide bonds. The molecule has 1 aliphatic carbocycles. The maximum Gasteiger partial charge on any atom is 0.194 e. The minimum atomic E-state index is -1.54. The first-order valence-corrected chi connectivity index (χ1v) is 10.5. The number of pyridine rings is 1. The predicted octanol–water partition coefficient (Wildman–Crippen LogP) is 3.31. The third-order valence-corrected chi connectivity index (χ3v) is 6.32. The fraction of sp³-hybridized carbons (Fsp3) is 0.280. The van der Waals surface area contributed by atoms with Crippen LogP contribution < -0.4 is 10.1 Å². The minimum absolute atomic E-state index is 0.00428. The molecule has 2 heterocycles. The van der Waals surface area contributed by atoms with Gasteiger partial charge in [0.1, 0.15) is 34.0 Å². The number of phenolic OH excluding ortho intramolecular Hbond substituents is 2. The smallest absolute Gasteiger partial charge is 0.194 e. The van der Waals surface area contributed by atoms with E-state index in [1.165, 1.54) is 26.8 Å². The molecule has 170 valence electrons. The van der Waals surface area contributed by atoms with E-state index in [2.05, 4.69) is 10.3 Å². The van der Waals surface area contributed by atoms with E-state index in [9.17, 15) is 24.6 Å². The van der Waals surface area contributed by atoms with Crippen LogP contribution in [0.5, 0.6) is 17.2 Å². The van der Waals surface area contributed by atoms with E-state index in [1.807, 2.05) is 19.1 Å². The summed E-state index contributed by atoms with van der Waals surface area (Å²) in [6.45, 7) is 7.72. The fourth-order valence-corrected chi connectivity index (χ4v) is 4.47. The van der Waals surface area contributed by atoms with Gasteiger partial charge in [-0.1, -0.05) is 6.07 Å². The van der Waals surface area contributed by atoms with Gasteiger partial charge in [0.15, 0.2) is 17.3 Å². The average Bonchev–Trinajstić information content (AvgIpc) is 3.05. The van der Waals surface area contributed by atoms with Crippen LogP contribution in [0, 0.1) is 6.92 Å². The summed E-state index contributed by atoms with van der Waals surface area (Å²) in [5, 5.41) is 24.5. The van der Waals surface area contributed by atoms with Crippen molar-refractivity contribution in [3.8, 4) is 17.2 Å². The standard InChI is InChI=1S/C25H24N2O6/c1-11-21(30)19(14(4)28)23-20(22(11)31)25(5)17(33-23)10-16(29)18(24(25)32)13(3)27-12(2)15-8-6-7-9-26-15/h6-10,12,27,30-31H,1-5H3/b18-13+/t12?,25-/m0/s1. The minimum Gasteiger partial charge on any atom is -0.507 e. The summed E-state index contributed by atoms with van der Waals surface area (Å²) in [5.74, 6) is -2.49. The second-order valence-corrected chi connectivity index (χ2v) is 8.51. The lowest BCUT2D eigenvalue weighted by Gasteiger charge is -2.29. The van der Waals surface area contributed by atoms with E-state index in [-0.39, 0.29) is 45.6 Å². The lowest BCUT2D eigenvalue weighted by molar-refractivity contribution is -0.123. The lowest BCUT2D eigenvalue weighted by Crippen LogP contribution is -2.41. The number of nitrogens with one attached hydrogen (secondary N) is 1. The van der Waals surface area contributed by atoms with Gasteiger partial charge in [-0.05, 0) is 46.8 Å². The molecule has 33 heavy (non-hydrogen) atoms. The number of hydrogen-bond acceptors (Lipinski definition) is 8. The molecule has 2 aromatic rings. The number of allylic oxidation sites excluding steroid dienone is 4. The number of fused-ring (bicyclic) bond motifs is 3. The number of carbonyl (C=O) groups excluding carboxylic acids is 3. The Balaban J connectivity index is 1.87. The van der Waals surface area contributed by atoms with Crippen molar-refractivity contribution >= 4 is 17.3 Å². The third-order valence-electron chi connectivity index (χ3n) is 6.32. The number of aromatic hydroxyl groups is 2. The number of ether oxygens (including phenoxy) is 1. The first-order valence-electron chi connectivity index (χ1n) is 10.5. The Morgan fingerprint density at radius 3 is 2.48 bits per heavy atom. The molecule has 0 radical (unpaired) electrons. The van der Waals surface area contributed by atoms with Crippen molar-refractivity contribution in [3.63, 3.8) is 0 Å². The SMILES string of the molecule is CC(=O)c1c(O)c(C)c(O)c2c1OC1=CC(=O)/C(=C(/C)NC(C)c3ccccn3)C(=O)[C@@]12C. The van der Waals surface area contributed by atoms with Crippen molar-refractivity contribution in [3.05, 3.63) is 69.9 Å².